The molecule has 0 aromatic carbocycles. The van der Waals surface area contributed by atoms with Crippen LogP contribution in [0, 0.1) is 10.1 Å². The second-order valence-electron chi connectivity index (χ2n) is 1.52. The summed E-state index contributed by atoms with van der Waals surface area (Å²) >= 11 is 0. The Labute approximate surface area is 63.4 Å². The minimum absolute atomic E-state index is 0.218. The van der Waals surface area contributed by atoms with E-state index in [9.17, 15) is 10.1 Å². The lowest BCUT2D eigenvalue weighted by Gasteiger charge is -1.76. The lowest BCUT2D eigenvalue weighted by atomic mass is 10.6. The zero-order valence-electron chi connectivity index (χ0n) is 6.06. The Morgan fingerprint density at radius 2 is 2.36 bits per heavy atom. The molecule has 5 heteroatoms. The van der Waals surface area contributed by atoms with Gasteiger partial charge in [-0.25, -0.2) is 0 Å². The van der Waals surface area contributed by atoms with Crippen molar-refractivity contribution in [1.82, 2.24) is 0 Å². The summed E-state index contributed by atoms with van der Waals surface area (Å²) in [5.41, 5.74) is 0. The molecule has 0 spiro atoms. The minimum atomic E-state index is -0.583. The van der Waals surface area contributed by atoms with Crippen LogP contribution in [0.15, 0.2) is 22.8 Å². The Morgan fingerprint density at radius 1 is 1.82 bits per heavy atom. The number of aliphatic hydroxyl groups is 1. The summed E-state index contributed by atoms with van der Waals surface area (Å²) < 4.78 is 4.40. The zero-order valence-corrected chi connectivity index (χ0v) is 6.06. The zero-order chi connectivity index (χ0) is 8.69. The van der Waals surface area contributed by atoms with Crippen molar-refractivity contribution in [2.75, 3.05) is 6.61 Å². The van der Waals surface area contributed by atoms with E-state index in [1.54, 1.807) is 6.92 Å². The SMILES string of the molecule is CCO.O=[N+]([O-])c1ccco1. The van der Waals surface area contributed by atoms with Crippen LogP contribution >= 0.6 is 0 Å². The Balaban J connectivity index is 0.000000292. The molecule has 1 aromatic rings. The van der Waals surface area contributed by atoms with Crippen molar-refractivity contribution in [1.29, 1.82) is 0 Å². The molecule has 1 heterocycles. The van der Waals surface area contributed by atoms with E-state index in [0.29, 0.717) is 0 Å². The van der Waals surface area contributed by atoms with E-state index < -0.39 is 4.92 Å². The van der Waals surface area contributed by atoms with E-state index in [1.165, 1.54) is 18.4 Å². The quantitative estimate of drug-likeness (QED) is 0.493. The Kier molecular flexibility index (Phi) is 4.76. The van der Waals surface area contributed by atoms with Gasteiger partial charge in [0, 0.05) is 6.61 Å². The number of hydrogen-bond acceptors (Lipinski definition) is 4. The number of rotatable bonds is 1. The van der Waals surface area contributed by atoms with Gasteiger partial charge in [0.05, 0.1) is 12.3 Å². The summed E-state index contributed by atoms with van der Waals surface area (Å²) in [7, 11) is 0. The van der Waals surface area contributed by atoms with Gasteiger partial charge in [0.25, 0.3) is 0 Å². The Morgan fingerprint density at radius 3 is 2.55 bits per heavy atom. The molecule has 0 radical (unpaired) electrons. The number of hydrogen-bond donors (Lipinski definition) is 1. The first-order chi connectivity index (χ1) is 5.22. The van der Waals surface area contributed by atoms with Crippen LogP contribution in [0.2, 0.25) is 0 Å². The second-order valence-corrected chi connectivity index (χ2v) is 1.52. The van der Waals surface area contributed by atoms with Gasteiger partial charge in [-0.15, -0.1) is 0 Å². The van der Waals surface area contributed by atoms with E-state index in [2.05, 4.69) is 4.42 Å². The van der Waals surface area contributed by atoms with E-state index in [0.717, 1.165) is 0 Å². The smallest absolute Gasteiger partial charge is 0.409 e. The fraction of sp³-hybridized carbons (Fsp3) is 0.333. The maximum atomic E-state index is 9.77. The maximum absolute atomic E-state index is 9.77. The number of nitrogens with zero attached hydrogens (tertiary/aromatic N) is 1. The average molecular weight is 159 g/mol. The van der Waals surface area contributed by atoms with Crippen LogP contribution in [0.1, 0.15) is 6.92 Å². The largest absolute Gasteiger partial charge is 0.432 e. The summed E-state index contributed by atoms with van der Waals surface area (Å²) in [6.45, 7) is 1.93. The van der Waals surface area contributed by atoms with Gasteiger partial charge in [-0.3, -0.25) is 10.1 Å². The third-order valence-electron chi connectivity index (χ3n) is 0.686. The van der Waals surface area contributed by atoms with Crippen molar-refractivity contribution in [2.24, 2.45) is 0 Å². The summed E-state index contributed by atoms with van der Waals surface area (Å²) in [4.78, 5) is 9.19. The fourth-order valence-corrected chi connectivity index (χ4v) is 0.374. The number of nitro groups is 1. The highest BCUT2D eigenvalue weighted by atomic mass is 16.6. The van der Waals surface area contributed by atoms with Crippen molar-refractivity contribution in [3.63, 3.8) is 0 Å². The average Bonchev–Trinajstić information content (AvgIpc) is 2.38. The van der Waals surface area contributed by atoms with Gasteiger partial charge in [-0.1, -0.05) is 0 Å². The van der Waals surface area contributed by atoms with Gasteiger partial charge in [0.1, 0.15) is 4.92 Å². The molecule has 1 N–H and O–H groups in total. The van der Waals surface area contributed by atoms with E-state index in [4.69, 9.17) is 5.11 Å². The molecule has 1 aromatic heterocycles. The van der Waals surface area contributed by atoms with Crippen molar-refractivity contribution in [3.8, 4) is 0 Å². The van der Waals surface area contributed by atoms with Crippen LogP contribution in [-0.4, -0.2) is 16.6 Å². The molecule has 0 saturated heterocycles. The normalized spacial score (nSPS) is 8.18. The maximum Gasteiger partial charge on any atom is 0.432 e. The van der Waals surface area contributed by atoms with E-state index in [-0.39, 0.29) is 12.5 Å². The summed E-state index contributed by atoms with van der Waals surface area (Å²) in [5.74, 6) is -0.218. The highest BCUT2D eigenvalue weighted by Crippen LogP contribution is 2.08. The molecule has 0 atom stereocenters. The molecule has 0 aliphatic rings. The lowest BCUT2D eigenvalue weighted by molar-refractivity contribution is -0.402. The van der Waals surface area contributed by atoms with Gasteiger partial charge in [0.15, 0.2) is 0 Å². The predicted octanol–water partition coefficient (Wildman–Crippen LogP) is 1.19. The first kappa shape index (κ1) is 9.64. The highest BCUT2D eigenvalue weighted by Gasteiger charge is 2.04. The van der Waals surface area contributed by atoms with Crippen molar-refractivity contribution >= 4 is 5.88 Å². The molecule has 0 saturated carbocycles. The molecule has 0 amide bonds. The Hall–Kier alpha value is -1.36. The molecule has 0 bridgehead atoms. The van der Waals surface area contributed by atoms with Gasteiger partial charge < -0.3 is 9.52 Å². The van der Waals surface area contributed by atoms with Crippen molar-refractivity contribution in [3.05, 3.63) is 28.5 Å². The molecular formula is C6H9NO4. The van der Waals surface area contributed by atoms with E-state index >= 15 is 0 Å². The number of aliphatic hydroxyl groups excluding tert-OH is 1. The van der Waals surface area contributed by atoms with Crippen LogP contribution in [-0.2, 0) is 0 Å². The summed E-state index contributed by atoms with van der Waals surface area (Å²) in [6, 6.07) is 2.76. The third kappa shape index (κ3) is 4.10. The molecule has 62 valence electrons. The lowest BCUT2D eigenvalue weighted by Crippen LogP contribution is -1.81. The van der Waals surface area contributed by atoms with Gasteiger partial charge in [-0.2, -0.15) is 0 Å². The van der Waals surface area contributed by atoms with Crippen LogP contribution in [0.25, 0.3) is 0 Å². The number of furan rings is 1. The molecule has 1 rings (SSSR count). The monoisotopic (exact) mass is 159 g/mol. The predicted molar refractivity (Wildman–Crippen MR) is 38.1 cm³/mol. The van der Waals surface area contributed by atoms with Crippen molar-refractivity contribution < 1.29 is 14.4 Å². The van der Waals surface area contributed by atoms with Gasteiger partial charge >= 0.3 is 5.88 Å². The molecule has 0 aliphatic carbocycles. The molecule has 5 nitrogen and oxygen atoms in total. The van der Waals surface area contributed by atoms with Crippen LogP contribution in [0.4, 0.5) is 5.88 Å². The highest BCUT2D eigenvalue weighted by molar-refractivity contribution is 5.11. The van der Waals surface area contributed by atoms with E-state index in [1.807, 2.05) is 0 Å². The standard InChI is InChI=1S/C4H3NO3.C2H6O/c6-5(7)4-2-1-3-8-4;1-2-3/h1-3H;3H,2H2,1H3. The third-order valence-corrected chi connectivity index (χ3v) is 0.686. The first-order valence-electron chi connectivity index (χ1n) is 3.01. The Bertz CT molecular complexity index is 194. The van der Waals surface area contributed by atoms with Gasteiger partial charge in [0.2, 0.25) is 0 Å². The first-order valence-corrected chi connectivity index (χ1v) is 3.01. The van der Waals surface area contributed by atoms with Gasteiger partial charge in [-0.05, 0) is 13.0 Å². The van der Waals surface area contributed by atoms with Crippen LogP contribution in [0.3, 0.4) is 0 Å². The van der Waals surface area contributed by atoms with Crippen molar-refractivity contribution in [2.45, 2.75) is 6.92 Å². The second kappa shape index (κ2) is 5.43. The van der Waals surface area contributed by atoms with Crippen LogP contribution < -0.4 is 0 Å². The summed E-state index contributed by atoms with van der Waals surface area (Å²) in [5, 5.41) is 17.3. The molecule has 0 fully saturated rings. The molecular weight excluding hydrogens is 150 g/mol. The molecule has 0 aliphatic heterocycles. The fourth-order valence-electron chi connectivity index (χ4n) is 0.374. The minimum Gasteiger partial charge on any atom is -0.409 e. The molecule has 11 heavy (non-hydrogen) atoms. The molecule has 0 unspecified atom stereocenters. The summed E-state index contributed by atoms with van der Waals surface area (Å²) in [6.07, 6.45) is 1.26. The van der Waals surface area contributed by atoms with Crippen LogP contribution in [0.5, 0.6) is 0 Å². The topological polar surface area (TPSA) is 76.5 Å².